The molecule has 74 valence electrons. The smallest absolute Gasteiger partial charge is 0.451 e. The molecule has 1 aliphatic carbocycles. The van der Waals surface area contributed by atoms with Crippen molar-refractivity contribution >= 4 is 5.97 Å². The molecule has 0 aromatic heterocycles. The average Bonchev–Trinajstić information content (AvgIpc) is 2.04. The molecule has 0 spiro atoms. The van der Waals surface area contributed by atoms with Crippen LogP contribution in [-0.2, 0) is 9.53 Å². The summed E-state index contributed by atoms with van der Waals surface area (Å²) in [4.78, 5) is 10.4. The van der Waals surface area contributed by atoms with Gasteiger partial charge in [0.25, 0.3) is 0 Å². The number of ether oxygens (including phenoxy) is 1. The zero-order chi connectivity index (χ0) is 9.90. The molecule has 1 aliphatic rings. The highest BCUT2D eigenvalue weighted by atomic mass is 19.4. The van der Waals surface area contributed by atoms with Gasteiger partial charge in [-0.15, -0.1) is 0 Å². The Morgan fingerprint density at radius 2 is 2.15 bits per heavy atom. The van der Waals surface area contributed by atoms with Crippen molar-refractivity contribution in [1.82, 2.24) is 0 Å². The second-order valence-corrected chi connectivity index (χ2v) is 2.80. The minimum absolute atomic E-state index is 0.471. The fraction of sp³-hybridized carbons (Fsp3) is 0.625. The molecule has 0 fully saturated rings. The summed E-state index contributed by atoms with van der Waals surface area (Å²) in [6.07, 6.45) is -0.316. The minimum atomic E-state index is -4.88. The van der Waals surface area contributed by atoms with E-state index in [-0.39, 0.29) is 0 Å². The van der Waals surface area contributed by atoms with Gasteiger partial charge in [-0.2, -0.15) is 13.2 Å². The first-order valence-corrected chi connectivity index (χ1v) is 3.94. The van der Waals surface area contributed by atoms with E-state index >= 15 is 0 Å². The summed E-state index contributed by atoms with van der Waals surface area (Å²) >= 11 is 0. The van der Waals surface area contributed by atoms with Crippen LogP contribution in [-0.4, -0.2) is 18.2 Å². The van der Waals surface area contributed by atoms with Gasteiger partial charge in [-0.1, -0.05) is 6.08 Å². The molecular formula is C8H9F3O2. The Kier molecular flexibility index (Phi) is 2.95. The Morgan fingerprint density at radius 1 is 1.46 bits per heavy atom. The summed E-state index contributed by atoms with van der Waals surface area (Å²) in [6.45, 7) is 0. The van der Waals surface area contributed by atoms with Crippen LogP contribution in [0.5, 0.6) is 0 Å². The van der Waals surface area contributed by atoms with Crippen molar-refractivity contribution in [2.45, 2.75) is 31.5 Å². The van der Waals surface area contributed by atoms with Crippen LogP contribution in [0.1, 0.15) is 19.3 Å². The zero-order valence-corrected chi connectivity index (χ0v) is 6.80. The molecule has 0 aliphatic heterocycles. The quantitative estimate of drug-likeness (QED) is 0.472. The van der Waals surface area contributed by atoms with Gasteiger partial charge in [0.05, 0.1) is 0 Å². The lowest BCUT2D eigenvalue weighted by Crippen LogP contribution is -2.29. The Bertz CT molecular complexity index is 220. The number of alkyl halides is 3. The molecule has 0 amide bonds. The van der Waals surface area contributed by atoms with Crippen molar-refractivity contribution in [3.63, 3.8) is 0 Å². The van der Waals surface area contributed by atoms with E-state index in [2.05, 4.69) is 4.74 Å². The van der Waals surface area contributed by atoms with E-state index in [1.165, 1.54) is 6.08 Å². The van der Waals surface area contributed by atoms with Crippen molar-refractivity contribution < 1.29 is 22.7 Å². The van der Waals surface area contributed by atoms with Gasteiger partial charge in [0.15, 0.2) is 0 Å². The molecule has 1 atom stereocenters. The van der Waals surface area contributed by atoms with E-state index < -0.39 is 18.2 Å². The number of rotatable bonds is 1. The van der Waals surface area contributed by atoms with Gasteiger partial charge in [0.1, 0.15) is 6.10 Å². The first kappa shape index (κ1) is 10.1. The molecule has 0 saturated heterocycles. The number of halogens is 3. The van der Waals surface area contributed by atoms with Gasteiger partial charge < -0.3 is 4.74 Å². The topological polar surface area (TPSA) is 26.3 Å². The molecule has 1 unspecified atom stereocenters. The SMILES string of the molecule is O=C(OC1C=CCCC1)C(F)(F)F. The molecular weight excluding hydrogens is 185 g/mol. The maximum atomic E-state index is 11.7. The number of hydrogen-bond donors (Lipinski definition) is 0. The van der Waals surface area contributed by atoms with Crippen molar-refractivity contribution in [3.05, 3.63) is 12.2 Å². The Hall–Kier alpha value is -1.00. The Labute approximate surface area is 73.4 Å². The second kappa shape index (κ2) is 3.81. The maximum Gasteiger partial charge on any atom is 0.490 e. The summed E-state index contributed by atoms with van der Waals surface area (Å²) in [7, 11) is 0. The summed E-state index contributed by atoms with van der Waals surface area (Å²) in [5.74, 6) is -2.11. The molecule has 1 rings (SSSR count). The van der Waals surface area contributed by atoms with E-state index in [0.717, 1.165) is 12.8 Å². The molecule has 2 nitrogen and oxygen atoms in total. The number of hydrogen-bond acceptors (Lipinski definition) is 2. The Morgan fingerprint density at radius 3 is 2.62 bits per heavy atom. The number of carbonyl (C=O) groups excluding carboxylic acids is 1. The van der Waals surface area contributed by atoms with E-state index in [0.29, 0.717) is 6.42 Å². The van der Waals surface area contributed by atoms with Gasteiger partial charge in [0, 0.05) is 0 Å². The van der Waals surface area contributed by atoms with Crippen LogP contribution in [0, 0.1) is 0 Å². The normalized spacial score (nSPS) is 22.8. The highest BCUT2D eigenvalue weighted by Gasteiger charge is 2.42. The van der Waals surface area contributed by atoms with E-state index in [1.807, 2.05) is 0 Å². The lowest BCUT2D eigenvalue weighted by Gasteiger charge is -2.17. The monoisotopic (exact) mass is 194 g/mol. The maximum absolute atomic E-state index is 11.7. The lowest BCUT2D eigenvalue weighted by molar-refractivity contribution is -0.203. The predicted molar refractivity (Wildman–Crippen MR) is 38.9 cm³/mol. The fourth-order valence-corrected chi connectivity index (χ4v) is 1.08. The molecule has 13 heavy (non-hydrogen) atoms. The van der Waals surface area contributed by atoms with Crippen molar-refractivity contribution in [2.24, 2.45) is 0 Å². The third-order valence-electron chi connectivity index (χ3n) is 1.70. The van der Waals surface area contributed by atoms with E-state index in [1.54, 1.807) is 6.08 Å². The molecule has 0 aromatic carbocycles. The molecule has 0 saturated carbocycles. The molecule has 0 heterocycles. The zero-order valence-electron chi connectivity index (χ0n) is 6.80. The molecule has 0 bridgehead atoms. The van der Waals surface area contributed by atoms with Crippen molar-refractivity contribution in [2.75, 3.05) is 0 Å². The second-order valence-electron chi connectivity index (χ2n) is 2.80. The van der Waals surface area contributed by atoms with E-state index in [9.17, 15) is 18.0 Å². The van der Waals surface area contributed by atoms with Crippen LogP contribution >= 0.6 is 0 Å². The van der Waals surface area contributed by atoms with Gasteiger partial charge >= 0.3 is 12.1 Å². The molecule has 5 heteroatoms. The van der Waals surface area contributed by atoms with Gasteiger partial charge in [0.2, 0.25) is 0 Å². The van der Waals surface area contributed by atoms with Crippen molar-refractivity contribution in [1.29, 1.82) is 0 Å². The lowest BCUT2D eigenvalue weighted by atomic mass is 10.1. The van der Waals surface area contributed by atoms with Crippen LogP contribution in [0.3, 0.4) is 0 Å². The van der Waals surface area contributed by atoms with Gasteiger partial charge in [-0.05, 0) is 25.3 Å². The number of esters is 1. The fourth-order valence-electron chi connectivity index (χ4n) is 1.08. The molecule has 0 aromatic rings. The first-order valence-electron chi connectivity index (χ1n) is 3.94. The average molecular weight is 194 g/mol. The number of allylic oxidation sites excluding steroid dienone is 1. The predicted octanol–water partition coefficient (Wildman–Crippen LogP) is 2.20. The van der Waals surface area contributed by atoms with Crippen LogP contribution in [0.25, 0.3) is 0 Å². The van der Waals surface area contributed by atoms with Crippen LogP contribution in [0.4, 0.5) is 13.2 Å². The van der Waals surface area contributed by atoms with Crippen LogP contribution < -0.4 is 0 Å². The summed E-state index contributed by atoms with van der Waals surface area (Å²) in [5.41, 5.74) is 0. The highest BCUT2D eigenvalue weighted by Crippen LogP contribution is 2.20. The minimum Gasteiger partial charge on any atom is -0.451 e. The van der Waals surface area contributed by atoms with Crippen LogP contribution in [0.2, 0.25) is 0 Å². The summed E-state index contributed by atoms with van der Waals surface area (Å²) in [6, 6.07) is 0. The summed E-state index contributed by atoms with van der Waals surface area (Å²) in [5, 5.41) is 0. The standard InChI is InChI=1S/C8H9F3O2/c9-8(10,11)7(12)13-6-4-2-1-3-5-6/h2,4,6H,1,3,5H2. The Balaban J connectivity index is 2.44. The summed E-state index contributed by atoms with van der Waals surface area (Å²) < 4.78 is 39.3. The molecule has 0 N–H and O–H groups in total. The number of carbonyl (C=O) groups is 1. The first-order chi connectivity index (χ1) is 6.00. The van der Waals surface area contributed by atoms with E-state index in [4.69, 9.17) is 0 Å². The van der Waals surface area contributed by atoms with Gasteiger partial charge in [-0.3, -0.25) is 0 Å². The largest absolute Gasteiger partial charge is 0.490 e. The van der Waals surface area contributed by atoms with Gasteiger partial charge in [-0.25, -0.2) is 4.79 Å². The van der Waals surface area contributed by atoms with Crippen molar-refractivity contribution in [3.8, 4) is 0 Å². The van der Waals surface area contributed by atoms with Crippen LogP contribution in [0.15, 0.2) is 12.2 Å². The third-order valence-corrected chi connectivity index (χ3v) is 1.70. The third kappa shape index (κ3) is 3.08. The highest BCUT2D eigenvalue weighted by molar-refractivity contribution is 5.75. The molecule has 0 radical (unpaired) electrons.